The maximum absolute atomic E-state index is 12.0. The number of aromatic amines is 2. The molecule has 0 saturated heterocycles. The van der Waals surface area contributed by atoms with Crippen LogP contribution in [0.5, 0.6) is 0 Å². The Balaban J connectivity index is 1.94. The highest BCUT2D eigenvalue weighted by atomic mass is 16.1. The molecule has 6 nitrogen and oxygen atoms in total. The summed E-state index contributed by atoms with van der Waals surface area (Å²) in [5.74, 6) is 0.800. The molecule has 0 aliphatic heterocycles. The van der Waals surface area contributed by atoms with Crippen molar-refractivity contribution in [2.45, 2.75) is 19.9 Å². The SMILES string of the molecule is CCCn1c(=O)[nH]c2cc3[nH]c(-c4ccncc4)nc3cc21. The highest BCUT2D eigenvalue weighted by Crippen LogP contribution is 2.23. The van der Waals surface area contributed by atoms with E-state index in [0.29, 0.717) is 6.54 Å². The number of imidazole rings is 2. The van der Waals surface area contributed by atoms with Crippen LogP contribution in [0.1, 0.15) is 13.3 Å². The van der Waals surface area contributed by atoms with Crippen molar-refractivity contribution in [1.29, 1.82) is 0 Å². The number of aromatic nitrogens is 5. The van der Waals surface area contributed by atoms with Gasteiger partial charge in [0.15, 0.2) is 0 Å². The molecule has 4 aromatic rings. The zero-order chi connectivity index (χ0) is 15.1. The molecule has 3 heterocycles. The second-order valence-electron chi connectivity index (χ2n) is 5.29. The van der Waals surface area contributed by atoms with Crippen LogP contribution in [0.2, 0.25) is 0 Å². The van der Waals surface area contributed by atoms with Gasteiger partial charge in [0.05, 0.1) is 22.1 Å². The van der Waals surface area contributed by atoms with Crippen LogP contribution in [-0.2, 0) is 6.54 Å². The third-order valence-electron chi connectivity index (χ3n) is 3.78. The van der Waals surface area contributed by atoms with Gasteiger partial charge < -0.3 is 9.97 Å². The summed E-state index contributed by atoms with van der Waals surface area (Å²) in [7, 11) is 0. The Labute approximate surface area is 125 Å². The first-order valence-electron chi connectivity index (χ1n) is 7.29. The van der Waals surface area contributed by atoms with Crippen molar-refractivity contribution in [1.82, 2.24) is 24.5 Å². The fourth-order valence-electron chi connectivity index (χ4n) is 2.75. The molecule has 0 saturated carbocycles. The maximum Gasteiger partial charge on any atom is 0.326 e. The van der Waals surface area contributed by atoms with Gasteiger partial charge in [0.25, 0.3) is 0 Å². The molecule has 0 aliphatic carbocycles. The Morgan fingerprint density at radius 3 is 2.73 bits per heavy atom. The topological polar surface area (TPSA) is 79.4 Å². The fraction of sp³-hybridized carbons (Fsp3) is 0.188. The van der Waals surface area contributed by atoms with Crippen LogP contribution in [0.15, 0.2) is 41.5 Å². The number of fused-ring (bicyclic) bond motifs is 2. The van der Waals surface area contributed by atoms with Crippen molar-refractivity contribution in [2.24, 2.45) is 0 Å². The van der Waals surface area contributed by atoms with E-state index in [-0.39, 0.29) is 5.69 Å². The minimum Gasteiger partial charge on any atom is -0.338 e. The van der Waals surface area contributed by atoms with Crippen LogP contribution >= 0.6 is 0 Å². The van der Waals surface area contributed by atoms with E-state index in [4.69, 9.17) is 0 Å². The van der Waals surface area contributed by atoms with Crippen molar-refractivity contribution in [3.8, 4) is 11.4 Å². The Morgan fingerprint density at radius 2 is 1.95 bits per heavy atom. The quantitative estimate of drug-likeness (QED) is 0.609. The van der Waals surface area contributed by atoms with Gasteiger partial charge in [-0.2, -0.15) is 0 Å². The fourth-order valence-corrected chi connectivity index (χ4v) is 2.75. The first kappa shape index (κ1) is 12.8. The normalized spacial score (nSPS) is 11.5. The molecule has 0 amide bonds. The third-order valence-corrected chi connectivity index (χ3v) is 3.78. The molecule has 0 bridgehead atoms. The van der Waals surface area contributed by atoms with E-state index in [2.05, 4.69) is 26.9 Å². The molecule has 6 heteroatoms. The lowest BCUT2D eigenvalue weighted by atomic mass is 10.2. The Hall–Kier alpha value is -2.89. The predicted octanol–water partition coefficient (Wildman–Crippen LogP) is 2.68. The van der Waals surface area contributed by atoms with E-state index < -0.39 is 0 Å². The molecule has 0 spiro atoms. The summed E-state index contributed by atoms with van der Waals surface area (Å²) in [6, 6.07) is 7.72. The molecule has 3 aromatic heterocycles. The van der Waals surface area contributed by atoms with Gasteiger partial charge in [0, 0.05) is 24.5 Å². The van der Waals surface area contributed by atoms with Crippen molar-refractivity contribution in [3.05, 3.63) is 47.1 Å². The summed E-state index contributed by atoms with van der Waals surface area (Å²) in [5, 5.41) is 0. The summed E-state index contributed by atoms with van der Waals surface area (Å²) in [6.45, 7) is 2.76. The molecule has 0 aliphatic rings. The molecule has 110 valence electrons. The van der Waals surface area contributed by atoms with Gasteiger partial charge in [-0.05, 0) is 30.7 Å². The number of hydrogen-bond donors (Lipinski definition) is 2. The van der Waals surface area contributed by atoms with Crippen LogP contribution < -0.4 is 5.69 Å². The standard InChI is InChI=1S/C16H15N5O/c1-2-7-21-14-9-12-11(8-13(14)20-16(21)22)18-15(19-12)10-3-5-17-6-4-10/h3-6,8-9H,2,7H2,1H3,(H,18,19)(H,20,22). The number of nitrogens with zero attached hydrogens (tertiary/aromatic N) is 3. The third kappa shape index (κ3) is 1.92. The minimum atomic E-state index is -0.0705. The summed E-state index contributed by atoms with van der Waals surface area (Å²) >= 11 is 0. The molecule has 4 rings (SSSR count). The van der Waals surface area contributed by atoms with E-state index in [9.17, 15) is 4.79 Å². The van der Waals surface area contributed by atoms with Gasteiger partial charge in [-0.1, -0.05) is 6.92 Å². The number of pyridine rings is 1. The van der Waals surface area contributed by atoms with Gasteiger partial charge in [0.2, 0.25) is 0 Å². The van der Waals surface area contributed by atoms with Crippen molar-refractivity contribution in [3.63, 3.8) is 0 Å². The zero-order valence-corrected chi connectivity index (χ0v) is 12.1. The number of hydrogen-bond acceptors (Lipinski definition) is 3. The Kier molecular flexibility index (Phi) is 2.82. The van der Waals surface area contributed by atoms with Crippen molar-refractivity contribution in [2.75, 3.05) is 0 Å². The Bertz CT molecular complexity index is 1010. The van der Waals surface area contributed by atoms with Crippen molar-refractivity contribution >= 4 is 22.1 Å². The smallest absolute Gasteiger partial charge is 0.326 e. The molecule has 0 fully saturated rings. The van der Waals surface area contributed by atoms with Crippen molar-refractivity contribution < 1.29 is 0 Å². The van der Waals surface area contributed by atoms with E-state index in [1.807, 2.05) is 24.3 Å². The molecular formula is C16H15N5O. The first-order valence-corrected chi connectivity index (χ1v) is 7.29. The summed E-state index contributed by atoms with van der Waals surface area (Å²) in [5.41, 5.74) is 4.40. The number of rotatable bonds is 3. The average molecular weight is 293 g/mol. The summed E-state index contributed by atoms with van der Waals surface area (Å²) in [4.78, 5) is 26.8. The molecule has 22 heavy (non-hydrogen) atoms. The van der Waals surface area contributed by atoms with Crippen LogP contribution in [0.25, 0.3) is 33.5 Å². The van der Waals surface area contributed by atoms with Gasteiger partial charge in [-0.15, -0.1) is 0 Å². The zero-order valence-electron chi connectivity index (χ0n) is 12.1. The van der Waals surface area contributed by atoms with E-state index in [1.54, 1.807) is 17.0 Å². The monoisotopic (exact) mass is 293 g/mol. The largest absolute Gasteiger partial charge is 0.338 e. The van der Waals surface area contributed by atoms with E-state index in [1.165, 1.54) is 0 Å². The van der Waals surface area contributed by atoms with Crippen LogP contribution in [0.3, 0.4) is 0 Å². The molecule has 2 N–H and O–H groups in total. The predicted molar refractivity (Wildman–Crippen MR) is 85.7 cm³/mol. The first-order chi connectivity index (χ1) is 10.8. The lowest BCUT2D eigenvalue weighted by Gasteiger charge is -1.99. The van der Waals surface area contributed by atoms with Crippen LogP contribution in [0.4, 0.5) is 0 Å². The number of nitrogens with one attached hydrogen (secondary N) is 2. The summed E-state index contributed by atoms with van der Waals surface area (Å²) < 4.78 is 1.76. The molecule has 0 radical (unpaired) electrons. The maximum atomic E-state index is 12.0. The van der Waals surface area contributed by atoms with Gasteiger partial charge in [-0.3, -0.25) is 9.55 Å². The van der Waals surface area contributed by atoms with E-state index >= 15 is 0 Å². The second-order valence-corrected chi connectivity index (χ2v) is 5.29. The van der Waals surface area contributed by atoms with Gasteiger partial charge >= 0.3 is 5.69 Å². The molecule has 0 atom stereocenters. The van der Waals surface area contributed by atoms with Crippen LogP contribution in [-0.4, -0.2) is 24.5 Å². The average Bonchev–Trinajstić information content (AvgIpc) is 3.07. The lowest BCUT2D eigenvalue weighted by Crippen LogP contribution is -2.16. The number of benzene rings is 1. The highest BCUT2D eigenvalue weighted by molar-refractivity contribution is 5.92. The number of H-pyrrole nitrogens is 2. The molecule has 1 aromatic carbocycles. The Morgan fingerprint density at radius 1 is 1.14 bits per heavy atom. The number of aryl methyl sites for hydroxylation is 1. The highest BCUT2D eigenvalue weighted by Gasteiger charge is 2.11. The van der Waals surface area contributed by atoms with Gasteiger partial charge in [-0.25, -0.2) is 9.78 Å². The molecule has 0 unspecified atom stereocenters. The second kappa shape index (κ2) is 4.84. The lowest BCUT2D eigenvalue weighted by molar-refractivity contribution is 0.675. The van der Waals surface area contributed by atoms with Gasteiger partial charge in [0.1, 0.15) is 5.82 Å². The summed E-state index contributed by atoms with van der Waals surface area (Å²) in [6.07, 6.45) is 4.39. The van der Waals surface area contributed by atoms with E-state index in [0.717, 1.165) is 39.9 Å². The minimum absolute atomic E-state index is 0.0705. The molecular weight excluding hydrogens is 278 g/mol. The van der Waals surface area contributed by atoms with Crippen LogP contribution in [0, 0.1) is 0 Å².